The smallest absolute Gasteiger partial charge is 0.213 e. The van der Waals surface area contributed by atoms with Crippen molar-refractivity contribution in [3.05, 3.63) is 63.4 Å². The molecular formula is C13H8BrF2NO. The lowest BCUT2D eigenvalue weighted by Gasteiger charge is -2.04. The first-order valence-electron chi connectivity index (χ1n) is 5.11. The van der Waals surface area contributed by atoms with Crippen LogP contribution >= 0.6 is 15.9 Å². The SMILES string of the molecule is Cc1ccc(C(=O)c2cc(F)ncc2F)cc1Br. The average molecular weight is 312 g/mol. The Morgan fingerprint density at radius 2 is 2.00 bits per heavy atom. The van der Waals surface area contributed by atoms with E-state index in [0.717, 1.165) is 16.1 Å². The largest absolute Gasteiger partial charge is 0.288 e. The Bertz CT molecular complexity index is 628. The number of hydrogen-bond donors (Lipinski definition) is 0. The second-order valence-corrected chi connectivity index (χ2v) is 4.63. The molecule has 0 atom stereocenters. The molecule has 5 heteroatoms. The molecule has 0 saturated heterocycles. The average Bonchev–Trinajstić information content (AvgIpc) is 2.35. The molecule has 1 heterocycles. The quantitative estimate of drug-likeness (QED) is 0.626. The number of carbonyl (C=O) groups excluding carboxylic acids is 1. The van der Waals surface area contributed by atoms with Gasteiger partial charge in [0.2, 0.25) is 5.95 Å². The van der Waals surface area contributed by atoms with Crippen molar-refractivity contribution < 1.29 is 13.6 Å². The Hall–Kier alpha value is -1.62. The van der Waals surface area contributed by atoms with E-state index in [4.69, 9.17) is 0 Å². The molecule has 0 aliphatic carbocycles. The molecule has 92 valence electrons. The molecule has 0 N–H and O–H groups in total. The van der Waals surface area contributed by atoms with E-state index in [0.29, 0.717) is 6.20 Å². The third-order valence-corrected chi connectivity index (χ3v) is 3.35. The first-order chi connectivity index (χ1) is 8.49. The fourth-order valence-corrected chi connectivity index (χ4v) is 1.86. The van der Waals surface area contributed by atoms with E-state index in [-0.39, 0.29) is 11.1 Å². The fourth-order valence-electron chi connectivity index (χ4n) is 1.48. The molecular weight excluding hydrogens is 304 g/mol. The second-order valence-electron chi connectivity index (χ2n) is 3.78. The normalized spacial score (nSPS) is 10.4. The van der Waals surface area contributed by atoms with Crippen molar-refractivity contribution in [3.63, 3.8) is 0 Å². The van der Waals surface area contributed by atoms with Crippen LogP contribution in [-0.2, 0) is 0 Å². The zero-order valence-electron chi connectivity index (χ0n) is 9.38. The first kappa shape index (κ1) is 12.8. The summed E-state index contributed by atoms with van der Waals surface area (Å²) in [7, 11) is 0. The summed E-state index contributed by atoms with van der Waals surface area (Å²) in [6, 6.07) is 5.67. The molecule has 0 spiro atoms. The van der Waals surface area contributed by atoms with Gasteiger partial charge in [0.1, 0.15) is 0 Å². The molecule has 0 unspecified atom stereocenters. The van der Waals surface area contributed by atoms with Crippen molar-refractivity contribution in [3.8, 4) is 0 Å². The highest BCUT2D eigenvalue weighted by atomic mass is 79.9. The van der Waals surface area contributed by atoms with E-state index >= 15 is 0 Å². The van der Waals surface area contributed by atoms with Crippen molar-refractivity contribution >= 4 is 21.7 Å². The lowest BCUT2D eigenvalue weighted by Crippen LogP contribution is -2.06. The number of ketones is 1. The molecule has 0 amide bonds. The molecule has 0 bridgehead atoms. The van der Waals surface area contributed by atoms with Gasteiger partial charge in [0.25, 0.3) is 0 Å². The standard InChI is InChI=1S/C13H8BrF2NO/c1-7-2-3-8(4-10(7)14)13(18)9-5-12(16)17-6-11(9)15/h2-6H,1H3. The molecule has 2 aromatic rings. The maximum absolute atomic E-state index is 13.4. The predicted molar refractivity (Wildman–Crippen MR) is 66.5 cm³/mol. The van der Waals surface area contributed by atoms with Crippen LogP contribution in [0.3, 0.4) is 0 Å². The molecule has 0 aliphatic rings. The van der Waals surface area contributed by atoms with E-state index in [1.807, 2.05) is 6.92 Å². The Balaban J connectivity index is 2.47. The van der Waals surface area contributed by atoms with Gasteiger partial charge in [0.15, 0.2) is 11.6 Å². The lowest BCUT2D eigenvalue weighted by atomic mass is 10.0. The van der Waals surface area contributed by atoms with Crippen LogP contribution < -0.4 is 0 Å². The number of nitrogens with zero attached hydrogens (tertiary/aromatic N) is 1. The van der Waals surface area contributed by atoms with E-state index in [9.17, 15) is 13.6 Å². The van der Waals surface area contributed by atoms with Gasteiger partial charge in [-0.15, -0.1) is 0 Å². The van der Waals surface area contributed by atoms with Crippen molar-refractivity contribution in [2.24, 2.45) is 0 Å². The Kier molecular flexibility index (Phi) is 3.52. The highest BCUT2D eigenvalue weighted by Gasteiger charge is 2.16. The highest BCUT2D eigenvalue weighted by Crippen LogP contribution is 2.20. The molecule has 1 aromatic carbocycles. The number of rotatable bonds is 2. The van der Waals surface area contributed by atoms with Crippen LogP contribution in [0.4, 0.5) is 8.78 Å². The van der Waals surface area contributed by atoms with Crippen LogP contribution in [0, 0.1) is 18.7 Å². The molecule has 0 aliphatic heterocycles. The minimum absolute atomic E-state index is 0.289. The van der Waals surface area contributed by atoms with Gasteiger partial charge in [-0.05, 0) is 18.6 Å². The van der Waals surface area contributed by atoms with Crippen LogP contribution in [0.2, 0.25) is 0 Å². The molecule has 2 nitrogen and oxygen atoms in total. The molecule has 2 rings (SSSR count). The number of carbonyl (C=O) groups is 1. The van der Waals surface area contributed by atoms with Crippen LogP contribution in [0.1, 0.15) is 21.5 Å². The first-order valence-corrected chi connectivity index (χ1v) is 5.90. The second kappa shape index (κ2) is 4.94. The van der Waals surface area contributed by atoms with E-state index < -0.39 is 17.5 Å². The Morgan fingerprint density at radius 1 is 1.28 bits per heavy atom. The number of benzene rings is 1. The third kappa shape index (κ3) is 2.46. The fraction of sp³-hybridized carbons (Fsp3) is 0.0769. The van der Waals surface area contributed by atoms with Gasteiger partial charge in [-0.3, -0.25) is 4.79 Å². The lowest BCUT2D eigenvalue weighted by molar-refractivity contribution is 0.103. The van der Waals surface area contributed by atoms with Gasteiger partial charge in [-0.1, -0.05) is 28.1 Å². The predicted octanol–water partition coefficient (Wildman–Crippen LogP) is 3.66. The van der Waals surface area contributed by atoms with Gasteiger partial charge >= 0.3 is 0 Å². The summed E-state index contributed by atoms with van der Waals surface area (Å²) in [6.07, 6.45) is 0.700. The molecule has 0 radical (unpaired) electrons. The molecule has 1 aromatic heterocycles. The van der Waals surface area contributed by atoms with Crippen molar-refractivity contribution in [2.45, 2.75) is 6.92 Å². The number of aryl methyl sites for hydroxylation is 1. The minimum Gasteiger partial charge on any atom is -0.288 e. The van der Waals surface area contributed by atoms with Crippen LogP contribution in [0.5, 0.6) is 0 Å². The Morgan fingerprint density at radius 3 is 2.67 bits per heavy atom. The van der Waals surface area contributed by atoms with Crippen LogP contribution in [0.25, 0.3) is 0 Å². The van der Waals surface area contributed by atoms with Crippen molar-refractivity contribution in [1.82, 2.24) is 4.98 Å². The van der Waals surface area contributed by atoms with Gasteiger partial charge in [0, 0.05) is 16.1 Å². The van der Waals surface area contributed by atoms with E-state index in [1.165, 1.54) is 0 Å². The summed E-state index contributed by atoms with van der Waals surface area (Å²) in [5.74, 6) is -2.29. The summed E-state index contributed by atoms with van der Waals surface area (Å²) in [5, 5.41) is 0. The topological polar surface area (TPSA) is 30.0 Å². The number of halogens is 3. The molecule has 0 fully saturated rings. The number of aromatic nitrogens is 1. The van der Waals surface area contributed by atoms with Crippen molar-refractivity contribution in [2.75, 3.05) is 0 Å². The van der Waals surface area contributed by atoms with Crippen LogP contribution in [0.15, 0.2) is 34.9 Å². The molecule has 0 saturated carbocycles. The van der Waals surface area contributed by atoms with Crippen LogP contribution in [-0.4, -0.2) is 10.8 Å². The van der Waals surface area contributed by atoms with Gasteiger partial charge in [-0.25, -0.2) is 9.37 Å². The maximum Gasteiger partial charge on any atom is 0.213 e. The maximum atomic E-state index is 13.4. The zero-order valence-corrected chi connectivity index (χ0v) is 11.0. The summed E-state index contributed by atoms with van der Waals surface area (Å²) >= 11 is 3.29. The van der Waals surface area contributed by atoms with E-state index in [1.54, 1.807) is 18.2 Å². The van der Waals surface area contributed by atoms with Gasteiger partial charge < -0.3 is 0 Å². The summed E-state index contributed by atoms with van der Waals surface area (Å²) < 4.78 is 27.1. The summed E-state index contributed by atoms with van der Waals surface area (Å²) in [6.45, 7) is 1.87. The van der Waals surface area contributed by atoms with Gasteiger partial charge in [-0.2, -0.15) is 4.39 Å². The minimum atomic E-state index is -0.883. The van der Waals surface area contributed by atoms with Gasteiger partial charge in [0.05, 0.1) is 11.8 Å². The highest BCUT2D eigenvalue weighted by molar-refractivity contribution is 9.10. The summed E-state index contributed by atoms with van der Waals surface area (Å²) in [5.41, 5.74) is 0.920. The number of hydrogen-bond acceptors (Lipinski definition) is 2. The third-order valence-electron chi connectivity index (χ3n) is 2.50. The monoisotopic (exact) mass is 311 g/mol. The summed E-state index contributed by atoms with van der Waals surface area (Å²) in [4.78, 5) is 15.2. The molecule has 18 heavy (non-hydrogen) atoms. The zero-order chi connectivity index (χ0) is 13.3. The number of pyridine rings is 1. The van der Waals surface area contributed by atoms with Crippen molar-refractivity contribution in [1.29, 1.82) is 0 Å². The van der Waals surface area contributed by atoms with E-state index in [2.05, 4.69) is 20.9 Å². The Labute approximate surface area is 111 Å².